The zero-order valence-corrected chi connectivity index (χ0v) is 9.96. The van der Waals surface area contributed by atoms with Gasteiger partial charge in [-0.2, -0.15) is 0 Å². The molecule has 1 aromatic rings. The van der Waals surface area contributed by atoms with Gasteiger partial charge in [-0.15, -0.1) is 0 Å². The summed E-state index contributed by atoms with van der Waals surface area (Å²) in [7, 11) is 0. The lowest BCUT2D eigenvalue weighted by Crippen LogP contribution is -2.36. The summed E-state index contributed by atoms with van der Waals surface area (Å²) in [5, 5.41) is 13.0. The molecule has 3 rings (SSSR count). The van der Waals surface area contributed by atoms with Crippen molar-refractivity contribution in [3.05, 3.63) is 27.7 Å². The molecule has 1 fully saturated rings. The second kappa shape index (κ2) is 3.60. The van der Waals surface area contributed by atoms with Crippen molar-refractivity contribution in [2.45, 2.75) is 12.8 Å². The first-order chi connectivity index (χ1) is 8.08. The molecule has 2 aliphatic rings. The van der Waals surface area contributed by atoms with Gasteiger partial charge in [0.1, 0.15) is 0 Å². The number of carbonyl (C=O) groups excluding carboxylic acids is 1. The van der Waals surface area contributed by atoms with Crippen LogP contribution in [0.2, 0.25) is 10.0 Å². The minimum Gasteiger partial charge on any atom is -0.365 e. The van der Waals surface area contributed by atoms with Crippen LogP contribution in [0.5, 0.6) is 0 Å². The van der Waals surface area contributed by atoms with Gasteiger partial charge in [-0.3, -0.25) is 10.1 Å². The lowest BCUT2D eigenvalue weighted by Gasteiger charge is -2.25. The Labute approximate surface area is 107 Å². The topological polar surface area (TPSA) is 64.9 Å². The maximum atomic E-state index is 11.3. The van der Waals surface area contributed by atoms with E-state index in [0.717, 1.165) is 0 Å². The van der Waals surface area contributed by atoms with Crippen molar-refractivity contribution in [1.82, 2.24) is 10.2 Å². The number of aliphatic imine (C=N–C) groups is 1. The third-order valence-corrected chi connectivity index (χ3v) is 3.61. The predicted octanol–water partition coefficient (Wildman–Crippen LogP) is 1.24. The molecule has 17 heavy (non-hydrogen) atoms. The molecule has 2 N–H and O–H groups in total. The summed E-state index contributed by atoms with van der Waals surface area (Å²) < 4.78 is 0. The van der Waals surface area contributed by atoms with Crippen molar-refractivity contribution in [3.63, 3.8) is 0 Å². The lowest BCUT2D eigenvalue weighted by atomic mass is 10.1. The van der Waals surface area contributed by atoms with Crippen LogP contribution in [0.25, 0.3) is 0 Å². The Morgan fingerprint density at radius 3 is 3.00 bits per heavy atom. The van der Waals surface area contributed by atoms with Gasteiger partial charge in [-0.1, -0.05) is 23.2 Å². The Hall–Kier alpha value is -1.30. The van der Waals surface area contributed by atoms with E-state index in [1.54, 1.807) is 12.1 Å². The number of fused-ring (bicyclic) bond motifs is 2. The molecule has 1 amide bonds. The Morgan fingerprint density at radius 2 is 2.24 bits per heavy atom. The number of benzene rings is 1. The molecule has 1 aromatic carbocycles. The smallest absolute Gasteiger partial charge is 0.276 e. The quantitative estimate of drug-likeness (QED) is 0.747. The van der Waals surface area contributed by atoms with Gasteiger partial charge in [-0.25, -0.2) is 4.99 Å². The fraction of sp³-hybridized carbons (Fsp3) is 0.200. The Kier molecular flexibility index (Phi) is 2.29. The summed E-state index contributed by atoms with van der Waals surface area (Å²) in [6.07, 6.45) is -1.23. The van der Waals surface area contributed by atoms with Crippen molar-refractivity contribution in [2.24, 2.45) is 4.99 Å². The number of aliphatic hydroxyl groups is 1. The van der Waals surface area contributed by atoms with Gasteiger partial charge < -0.3 is 10.0 Å². The summed E-state index contributed by atoms with van der Waals surface area (Å²) in [6.45, 7) is 0.299. The molecule has 1 atom stereocenters. The summed E-state index contributed by atoms with van der Waals surface area (Å²) in [4.78, 5) is 17.0. The highest BCUT2D eigenvalue weighted by molar-refractivity contribution is 6.42. The van der Waals surface area contributed by atoms with E-state index in [4.69, 9.17) is 23.2 Å². The van der Waals surface area contributed by atoms with Gasteiger partial charge in [0.2, 0.25) is 12.2 Å². The van der Waals surface area contributed by atoms with E-state index in [9.17, 15) is 9.90 Å². The maximum Gasteiger partial charge on any atom is 0.276 e. The fourth-order valence-corrected chi connectivity index (χ4v) is 2.28. The van der Waals surface area contributed by atoms with Gasteiger partial charge in [-0.05, 0) is 12.1 Å². The minimum absolute atomic E-state index is 0.299. The number of guanidine groups is 1. The number of amides is 1. The lowest BCUT2D eigenvalue weighted by molar-refractivity contribution is -0.130. The van der Waals surface area contributed by atoms with Gasteiger partial charge in [0.05, 0.1) is 22.3 Å². The molecule has 0 aliphatic carbocycles. The predicted molar refractivity (Wildman–Crippen MR) is 63.2 cm³/mol. The number of nitrogens with one attached hydrogen (secondary N) is 1. The summed E-state index contributed by atoms with van der Waals surface area (Å²) >= 11 is 12.0. The largest absolute Gasteiger partial charge is 0.365 e. The Bertz CT molecular complexity index is 559. The monoisotopic (exact) mass is 271 g/mol. The van der Waals surface area contributed by atoms with E-state index >= 15 is 0 Å². The highest BCUT2D eigenvalue weighted by Gasteiger charge is 2.38. The normalized spacial score (nSPS) is 21.8. The molecule has 0 unspecified atom stereocenters. The number of carbonyl (C=O) groups is 1. The van der Waals surface area contributed by atoms with E-state index in [1.165, 1.54) is 4.90 Å². The number of hydrogen-bond acceptors (Lipinski definition) is 4. The molecule has 2 aliphatic heterocycles. The molecule has 0 saturated carbocycles. The molecular weight excluding hydrogens is 265 g/mol. The number of aliphatic hydroxyl groups excluding tert-OH is 1. The van der Waals surface area contributed by atoms with Crippen LogP contribution in [0.4, 0.5) is 5.69 Å². The molecule has 0 aromatic heterocycles. The zero-order valence-electron chi connectivity index (χ0n) is 8.44. The Balaban J connectivity index is 2.12. The fourth-order valence-electron chi connectivity index (χ4n) is 1.88. The first-order valence-corrected chi connectivity index (χ1v) is 5.64. The molecule has 5 nitrogen and oxygen atoms in total. The SMILES string of the molecule is O=C1NC2=Nc3ccc(Cl)c(Cl)c3CN2[C@H]1O. The molecular formula is C10H7Cl2N3O2. The van der Waals surface area contributed by atoms with Gasteiger partial charge >= 0.3 is 0 Å². The third kappa shape index (κ3) is 1.50. The van der Waals surface area contributed by atoms with Crippen LogP contribution in [0.3, 0.4) is 0 Å². The first kappa shape index (κ1) is 10.8. The van der Waals surface area contributed by atoms with E-state index in [-0.39, 0.29) is 0 Å². The molecule has 7 heteroatoms. The second-order valence-corrected chi connectivity index (χ2v) is 4.57. The van der Waals surface area contributed by atoms with Gasteiger partial charge in [0.15, 0.2) is 0 Å². The number of rotatable bonds is 0. The van der Waals surface area contributed by atoms with Crippen molar-refractivity contribution < 1.29 is 9.90 Å². The standard InChI is InChI=1S/C10H7Cl2N3O2/c11-5-1-2-6-4(7(5)12)3-15-9(17)8(16)14-10(15)13-6/h1-2,9,17H,3H2,(H,13,14,16)/t9-/m0/s1. The van der Waals surface area contributed by atoms with E-state index < -0.39 is 12.1 Å². The Morgan fingerprint density at radius 1 is 1.47 bits per heavy atom. The maximum absolute atomic E-state index is 11.3. The summed E-state index contributed by atoms with van der Waals surface area (Å²) in [5.74, 6) is -0.146. The van der Waals surface area contributed by atoms with Crippen LogP contribution in [0, 0.1) is 0 Å². The molecule has 1 saturated heterocycles. The van der Waals surface area contributed by atoms with E-state index in [2.05, 4.69) is 10.3 Å². The number of halogens is 2. The number of hydrogen-bond donors (Lipinski definition) is 2. The third-order valence-electron chi connectivity index (χ3n) is 2.76. The molecule has 88 valence electrons. The minimum atomic E-state index is -1.23. The van der Waals surface area contributed by atoms with Crippen molar-refractivity contribution >= 4 is 40.8 Å². The van der Waals surface area contributed by atoms with Crippen LogP contribution in [-0.4, -0.2) is 28.1 Å². The molecule has 2 heterocycles. The second-order valence-electron chi connectivity index (χ2n) is 3.79. The highest BCUT2D eigenvalue weighted by atomic mass is 35.5. The summed E-state index contributed by atoms with van der Waals surface area (Å²) in [6, 6.07) is 3.38. The highest BCUT2D eigenvalue weighted by Crippen LogP contribution is 2.37. The van der Waals surface area contributed by atoms with Gasteiger partial charge in [0.25, 0.3) is 5.91 Å². The molecule has 0 spiro atoms. The molecule has 0 bridgehead atoms. The van der Waals surface area contributed by atoms with Crippen LogP contribution >= 0.6 is 23.2 Å². The summed E-state index contributed by atoms with van der Waals surface area (Å²) in [5.41, 5.74) is 1.36. The average molecular weight is 272 g/mol. The van der Waals surface area contributed by atoms with E-state index in [0.29, 0.717) is 33.8 Å². The number of nitrogens with zero attached hydrogens (tertiary/aromatic N) is 2. The van der Waals surface area contributed by atoms with Crippen LogP contribution in [0.1, 0.15) is 5.56 Å². The zero-order chi connectivity index (χ0) is 12.2. The van der Waals surface area contributed by atoms with Crippen molar-refractivity contribution in [2.75, 3.05) is 0 Å². The van der Waals surface area contributed by atoms with Crippen LogP contribution < -0.4 is 5.32 Å². The van der Waals surface area contributed by atoms with E-state index in [1.807, 2.05) is 0 Å². The van der Waals surface area contributed by atoms with Crippen molar-refractivity contribution in [1.29, 1.82) is 0 Å². The van der Waals surface area contributed by atoms with Gasteiger partial charge in [0, 0.05) is 5.56 Å². The van der Waals surface area contributed by atoms with Crippen molar-refractivity contribution in [3.8, 4) is 0 Å². The first-order valence-electron chi connectivity index (χ1n) is 4.89. The van der Waals surface area contributed by atoms with Crippen LogP contribution in [0.15, 0.2) is 17.1 Å². The average Bonchev–Trinajstić information content (AvgIpc) is 2.58. The van der Waals surface area contributed by atoms with Crippen LogP contribution in [-0.2, 0) is 11.3 Å². The molecule has 0 radical (unpaired) electrons.